The number of nitrogens with zero attached hydrogens (tertiary/aromatic N) is 4. The van der Waals surface area contributed by atoms with Crippen LogP contribution in [-0.4, -0.2) is 35.0 Å². The molecule has 11 aromatic rings. The van der Waals surface area contributed by atoms with Gasteiger partial charge in [-0.3, -0.25) is 0 Å². The van der Waals surface area contributed by atoms with Gasteiger partial charge in [-0.1, -0.05) is 97.1 Å². The minimum Gasteiger partial charge on any atom is -0.655 e. The molecule has 8 bridgehead atoms. The molecule has 65 heavy (non-hydrogen) atoms. The summed E-state index contributed by atoms with van der Waals surface area (Å²) in [5.41, 5.74) is 12.0. The molecule has 314 valence electrons. The zero-order valence-electron chi connectivity index (χ0n) is 35.6. The van der Waals surface area contributed by atoms with E-state index in [2.05, 4.69) is 171 Å². The Morgan fingerprint density at radius 1 is 0.308 bits per heavy atom. The summed E-state index contributed by atoms with van der Waals surface area (Å²) in [6.07, 6.45) is 8.67. The van der Waals surface area contributed by atoms with Crippen LogP contribution in [-0.2, 0) is 20.4 Å². The van der Waals surface area contributed by atoms with E-state index in [-0.39, 0.29) is 20.4 Å². The Balaban J connectivity index is 0.00000444. The maximum Gasteiger partial charge on any atom is 2.00 e. The second-order valence-corrected chi connectivity index (χ2v) is 19.6. The number of rotatable bonds is 4. The molecule has 8 aromatic carbocycles. The van der Waals surface area contributed by atoms with Crippen molar-refractivity contribution in [2.45, 2.75) is 19.6 Å². The summed E-state index contributed by atoms with van der Waals surface area (Å²) >= 11 is 6.89. The standard InChI is InChI=1S/C56H36N4S4.Pd/c1-61-53-45-37-21-29-13-5-7-15-31(29)23-39(37)47(57-45)54(62-2)49-41-25-33-17-9-11-19-35(33)27-43(41)51(59-49)56(64-4)52-44-28-36-20-12-10-18-34(36)26-42(44)50(60-52)55(63-3)48-40-24-32-16-8-6-14-30(32)22-38(40)46(53)58-48;/h5-28H,1-4H3;/q-2;+2. The molecule has 0 fully saturated rings. The van der Waals surface area contributed by atoms with Gasteiger partial charge in [0.25, 0.3) is 0 Å². The van der Waals surface area contributed by atoms with E-state index < -0.39 is 0 Å². The van der Waals surface area contributed by atoms with Crippen molar-refractivity contribution in [1.82, 2.24) is 19.9 Å². The molecule has 0 saturated heterocycles. The van der Waals surface area contributed by atoms with Gasteiger partial charge in [0.15, 0.2) is 0 Å². The quantitative estimate of drug-likeness (QED) is 0.128. The van der Waals surface area contributed by atoms with Gasteiger partial charge < -0.3 is 9.97 Å². The average Bonchev–Trinajstić information content (AvgIpc) is 4.09. The van der Waals surface area contributed by atoms with Crippen LogP contribution in [0.5, 0.6) is 0 Å². The molecule has 9 heteroatoms. The van der Waals surface area contributed by atoms with E-state index in [0.29, 0.717) is 0 Å². The Morgan fingerprint density at radius 2 is 0.508 bits per heavy atom. The van der Waals surface area contributed by atoms with Crippen LogP contribution in [0.3, 0.4) is 0 Å². The molecular formula is C56H36N4PdS4. The summed E-state index contributed by atoms with van der Waals surface area (Å²) in [5, 5.41) is 13.9. The van der Waals surface area contributed by atoms with Crippen LogP contribution in [0.2, 0.25) is 0 Å². The van der Waals surface area contributed by atoms with Gasteiger partial charge in [0.1, 0.15) is 0 Å². The Kier molecular flexibility index (Phi) is 9.99. The maximum absolute atomic E-state index is 5.79. The minimum absolute atomic E-state index is 0. The molecule has 0 radical (unpaired) electrons. The van der Waals surface area contributed by atoms with Crippen LogP contribution < -0.4 is 9.97 Å². The van der Waals surface area contributed by atoms with Crippen molar-refractivity contribution >= 4 is 134 Å². The molecule has 3 aromatic heterocycles. The van der Waals surface area contributed by atoms with E-state index in [1.165, 1.54) is 43.1 Å². The summed E-state index contributed by atoms with van der Waals surface area (Å²) in [4.78, 5) is 27.3. The number of hydrogen-bond donors (Lipinski definition) is 0. The van der Waals surface area contributed by atoms with E-state index in [0.717, 1.165) is 108 Å². The number of fused-ring (bicyclic) bond motifs is 24. The van der Waals surface area contributed by atoms with Gasteiger partial charge in [0, 0.05) is 41.8 Å². The maximum atomic E-state index is 5.79. The van der Waals surface area contributed by atoms with Gasteiger partial charge in [0.2, 0.25) is 0 Å². The smallest absolute Gasteiger partial charge is 0.655 e. The molecule has 0 spiro atoms. The van der Waals surface area contributed by atoms with Crippen LogP contribution in [0, 0.1) is 0 Å². The SMILES string of the molecule is CSc1c2nc(c(SC)c3[n-]c(c(SC)c4nc(c(SC)c5[n-]c1c1cc6ccccc6cc51)-c1cc5ccccc5cc1-4)c1cc4ccccc4cc31)-c1cc3ccccc3cc1-2.[Pd+2]. The predicted octanol–water partition coefficient (Wildman–Crippen LogP) is 16.0. The largest absolute Gasteiger partial charge is 2.00 e. The second kappa shape index (κ2) is 15.8. The van der Waals surface area contributed by atoms with E-state index in [4.69, 9.17) is 19.9 Å². The molecular weight excluding hydrogens is 963 g/mol. The van der Waals surface area contributed by atoms with Crippen LogP contribution >= 0.6 is 47.0 Å². The zero-order valence-corrected chi connectivity index (χ0v) is 40.4. The van der Waals surface area contributed by atoms with Crippen LogP contribution in [0.25, 0.3) is 132 Å². The molecule has 0 amide bonds. The summed E-state index contributed by atoms with van der Waals surface area (Å²) in [7, 11) is 0. The van der Waals surface area contributed by atoms with Crippen LogP contribution in [0.15, 0.2) is 165 Å². The first kappa shape index (κ1) is 41.0. The van der Waals surface area contributed by atoms with E-state index in [1.54, 1.807) is 47.0 Å². The molecule has 2 aliphatic rings. The topological polar surface area (TPSA) is 54.0 Å². The number of thioether (sulfide) groups is 4. The third-order valence-corrected chi connectivity index (χ3v) is 16.2. The normalized spacial score (nSPS) is 12.1. The molecule has 4 nitrogen and oxygen atoms in total. The van der Waals surface area contributed by atoms with Crippen molar-refractivity contribution in [3.8, 4) is 45.0 Å². The zero-order chi connectivity index (χ0) is 42.8. The van der Waals surface area contributed by atoms with Gasteiger partial charge in [-0.2, -0.15) is 0 Å². The third kappa shape index (κ3) is 6.13. The molecule has 0 unspecified atom stereocenters. The van der Waals surface area contributed by atoms with Crippen molar-refractivity contribution in [2.24, 2.45) is 0 Å². The third-order valence-electron chi connectivity index (χ3n) is 13.0. The van der Waals surface area contributed by atoms with Gasteiger partial charge >= 0.3 is 20.4 Å². The average molecular weight is 1000 g/mol. The number of hydrogen-bond acceptors (Lipinski definition) is 6. The first-order chi connectivity index (χ1) is 31.5. The number of benzene rings is 8. The molecule has 13 rings (SSSR count). The molecule has 5 heterocycles. The Morgan fingerprint density at radius 3 is 0.708 bits per heavy atom. The van der Waals surface area contributed by atoms with Crippen molar-refractivity contribution < 1.29 is 20.4 Å². The molecule has 0 aliphatic carbocycles. The van der Waals surface area contributed by atoms with Gasteiger partial charge in [-0.25, -0.2) is 9.97 Å². The fourth-order valence-corrected chi connectivity index (χ4v) is 12.9. The molecule has 0 atom stereocenters. The van der Waals surface area contributed by atoms with Crippen LogP contribution in [0.4, 0.5) is 0 Å². The van der Waals surface area contributed by atoms with Crippen molar-refractivity contribution in [3.63, 3.8) is 0 Å². The molecule has 2 aliphatic heterocycles. The molecule has 0 saturated carbocycles. The van der Waals surface area contributed by atoms with Gasteiger partial charge in [-0.15, -0.1) is 69.1 Å². The summed E-state index contributed by atoms with van der Waals surface area (Å²) in [5.74, 6) is 0. The Hall–Kier alpha value is -5.50. The predicted molar refractivity (Wildman–Crippen MR) is 280 cm³/mol. The number of aromatic nitrogens is 4. The summed E-state index contributed by atoms with van der Waals surface area (Å²) in [6, 6.07) is 53.3. The van der Waals surface area contributed by atoms with Crippen molar-refractivity contribution in [3.05, 3.63) is 146 Å². The van der Waals surface area contributed by atoms with Crippen LogP contribution in [0.1, 0.15) is 0 Å². The Labute approximate surface area is 406 Å². The van der Waals surface area contributed by atoms with E-state index in [1.807, 2.05) is 0 Å². The van der Waals surface area contributed by atoms with Crippen molar-refractivity contribution in [2.75, 3.05) is 25.0 Å². The fraction of sp³-hybridized carbons (Fsp3) is 0.0714. The summed E-state index contributed by atoms with van der Waals surface area (Å²) in [6.45, 7) is 0. The first-order valence-corrected chi connectivity index (χ1v) is 26.1. The van der Waals surface area contributed by atoms with E-state index >= 15 is 0 Å². The summed E-state index contributed by atoms with van der Waals surface area (Å²) < 4.78 is 0. The Bertz CT molecular complexity index is 3530. The molecule has 0 N–H and O–H groups in total. The first-order valence-electron chi connectivity index (χ1n) is 21.2. The van der Waals surface area contributed by atoms with Crippen molar-refractivity contribution in [1.29, 1.82) is 0 Å². The second-order valence-electron chi connectivity index (χ2n) is 16.3. The monoisotopic (exact) mass is 998 g/mol. The van der Waals surface area contributed by atoms with E-state index in [9.17, 15) is 0 Å². The minimum atomic E-state index is 0. The van der Waals surface area contributed by atoms with Gasteiger partial charge in [-0.05, 0) is 138 Å². The fourth-order valence-electron chi connectivity index (χ4n) is 10.1. The van der Waals surface area contributed by atoms with Gasteiger partial charge in [0.05, 0.1) is 22.8 Å².